The molecule has 18 heavy (non-hydrogen) atoms. The Kier molecular flexibility index (Phi) is 4.24. The lowest BCUT2D eigenvalue weighted by Crippen LogP contribution is -2.31. The van der Waals surface area contributed by atoms with Gasteiger partial charge in [0.05, 0.1) is 14.2 Å². The summed E-state index contributed by atoms with van der Waals surface area (Å²) in [4.78, 5) is 11.9. The average molecular weight is 314 g/mol. The highest BCUT2D eigenvalue weighted by Crippen LogP contribution is 2.32. The van der Waals surface area contributed by atoms with Crippen molar-refractivity contribution in [3.8, 4) is 5.75 Å². The summed E-state index contributed by atoms with van der Waals surface area (Å²) in [5.74, 6) is 0.389. The van der Waals surface area contributed by atoms with Crippen LogP contribution in [0.1, 0.15) is 24.4 Å². The molecule has 1 N–H and O–H groups in total. The third-order valence-corrected chi connectivity index (χ3v) is 3.41. The summed E-state index contributed by atoms with van der Waals surface area (Å²) in [5, 5.41) is 3.28. The van der Waals surface area contributed by atoms with Crippen molar-refractivity contribution in [1.82, 2.24) is 5.32 Å². The Morgan fingerprint density at radius 2 is 2.17 bits per heavy atom. The molecule has 0 spiro atoms. The van der Waals surface area contributed by atoms with Gasteiger partial charge in [0.15, 0.2) is 0 Å². The molecule has 1 fully saturated rings. The minimum absolute atomic E-state index is 0.293. The number of esters is 1. The van der Waals surface area contributed by atoms with Crippen molar-refractivity contribution < 1.29 is 14.3 Å². The van der Waals surface area contributed by atoms with Crippen LogP contribution in [0.25, 0.3) is 0 Å². The molecular weight excluding hydrogens is 298 g/mol. The second-order valence-corrected chi connectivity index (χ2v) is 5.20. The zero-order valence-electron chi connectivity index (χ0n) is 10.4. The molecule has 0 radical (unpaired) electrons. The van der Waals surface area contributed by atoms with E-state index in [1.165, 1.54) is 7.11 Å². The maximum Gasteiger partial charge on any atom is 0.327 e. The molecular formula is C13H16BrNO3. The molecule has 1 aromatic carbocycles. The van der Waals surface area contributed by atoms with E-state index in [1.807, 2.05) is 18.2 Å². The second-order valence-electron chi connectivity index (χ2n) is 4.28. The van der Waals surface area contributed by atoms with Gasteiger partial charge in [0.1, 0.15) is 11.8 Å². The molecule has 0 aromatic heterocycles. The summed E-state index contributed by atoms with van der Waals surface area (Å²) >= 11 is 3.41. The molecule has 2 rings (SSSR count). The summed E-state index contributed by atoms with van der Waals surface area (Å²) in [6.07, 6.45) is 2.20. The van der Waals surface area contributed by atoms with E-state index in [9.17, 15) is 4.79 Å². The Bertz CT molecular complexity index is 446. The van der Waals surface area contributed by atoms with E-state index < -0.39 is 6.04 Å². The summed E-state index contributed by atoms with van der Waals surface area (Å²) in [5.41, 5.74) is 0.797. The highest BCUT2D eigenvalue weighted by Gasteiger charge is 2.31. The molecule has 0 saturated heterocycles. The lowest BCUT2D eigenvalue weighted by molar-refractivity contribution is -0.143. The van der Waals surface area contributed by atoms with E-state index in [-0.39, 0.29) is 5.97 Å². The number of rotatable bonds is 5. The first-order valence-electron chi connectivity index (χ1n) is 5.83. The van der Waals surface area contributed by atoms with Crippen LogP contribution in [0.2, 0.25) is 0 Å². The van der Waals surface area contributed by atoms with Crippen LogP contribution < -0.4 is 10.1 Å². The molecule has 1 atom stereocenters. The fourth-order valence-electron chi connectivity index (χ4n) is 1.82. The number of hydrogen-bond acceptors (Lipinski definition) is 4. The number of carbonyl (C=O) groups excluding carboxylic acids is 1. The van der Waals surface area contributed by atoms with Crippen LogP contribution in [-0.2, 0) is 9.53 Å². The van der Waals surface area contributed by atoms with Crippen molar-refractivity contribution in [3.05, 3.63) is 28.2 Å². The first kappa shape index (κ1) is 13.4. The number of nitrogens with one attached hydrogen (secondary N) is 1. The molecule has 0 bridgehead atoms. The highest BCUT2D eigenvalue weighted by atomic mass is 79.9. The number of methoxy groups -OCH3 is 2. The van der Waals surface area contributed by atoms with Gasteiger partial charge in [0.25, 0.3) is 0 Å². The lowest BCUT2D eigenvalue weighted by atomic mass is 10.1. The number of benzene rings is 1. The van der Waals surface area contributed by atoms with E-state index in [1.54, 1.807) is 7.11 Å². The molecule has 98 valence electrons. The van der Waals surface area contributed by atoms with Crippen LogP contribution in [0.15, 0.2) is 22.7 Å². The SMILES string of the molecule is COC(=O)C(NC1CC1)c1cc(Br)ccc1OC. The van der Waals surface area contributed by atoms with E-state index in [0.717, 1.165) is 22.9 Å². The maximum absolute atomic E-state index is 11.9. The molecule has 1 aromatic rings. The standard InChI is InChI=1S/C13H16BrNO3/c1-17-11-6-3-8(14)7-10(11)12(13(16)18-2)15-9-4-5-9/h3,6-7,9,12,15H,4-5H2,1-2H3. The monoisotopic (exact) mass is 313 g/mol. The lowest BCUT2D eigenvalue weighted by Gasteiger charge is -2.19. The van der Waals surface area contributed by atoms with Crippen molar-refractivity contribution in [2.24, 2.45) is 0 Å². The van der Waals surface area contributed by atoms with Crippen LogP contribution in [0.4, 0.5) is 0 Å². The van der Waals surface area contributed by atoms with Gasteiger partial charge in [-0.05, 0) is 31.0 Å². The van der Waals surface area contributed by atoms with Crippen LogP contribution in [-0.4, -0.2) is 26.2 Å². The molecule has 0 heterocycles. The van der Waals surface area contributed by atoms with Gasteiger partial charge in [-0.2, -0.15) is 0 Å². The Morgan fingerprint density at radius 1 is 1.44 bits per heavy atom. The first-order chi connectivity index (χ1) is 8.65. The quantitative estimate of drug-likeness (QED) is 0.848. The summed E-state index contributed by atoms with van der Waals surface area (Å²) < 4.78 is 11.1. The molecule has 4 nitrogen and oxygen atoms in total. The molecule has 5 heteroatoms. The van der Waals surface area contributed by atoms with Gasteiger partial charge >= 0.3 is 5.97 Å². The Morgan fingerprint density at radius 3 is 2.72 bits per heavy atom. The zero-order chi connectivity index (χ0) is 13.1. The van der Waals surface area contributed by atoms with Gasteiger partial charge in [-0.15, -0.1) is 0 Å². The topological polar surface area (TPSA) is 47.6 Å². The molecule has 0 aliphatic heterocycles. The second kappa shape index (κ2) is 5.71. The number of ether oxygens (including phenoxy) is 2. The third-order valence-electron chi connectivity index (χ3n) is 2.92. The first-order valence-corrected chi connectivity index (χ1v) is 6.62. The zero-order valence-corrected chi connectivity index (χ0v) is 12.0. The van der Waals surface area contributed by atoms with Crippen molar-refractivity contribution in [1.29, 1.82) is 0 Å². The van der Waals surface area contributed by atoms with Crippen molar-refractivity contribution in [3.63, 3.8) is 0 Å². The normalized spacial score (nSPS) is 16.2. The fraction of sp³-hybridized carbons (Fsp3) is 0.462. The van der Waals surface area contributed by atoms with Crippen LogP contribution in [0.3, 0.4) is 0 Å². The molecule has 0 amide bonds. The van der Waals surface area contributed by atoms with Crippen LogP contribution in [0, 0.1) is 0 Å². The summed E-state index contributed by atoms with van der Waals surface area (Å²) in [6.45, 7) is 0. The van der Waals surface area contributed by atoms with E-state index in [2.05, 4.69) is 21.2 Å². The van der Waals surface area contributed by atoms with Crippen molar-refractivity contribution >= 4 is 21.9 Å². The molecule has 1 aliphatic carbocycles. The summed E-state index contributed by atoms with van der Waals surface area (Å²) in [7, 11) is 2.99. The van der Waals surface area contributed by atoms with Gasteiger partial charge < -0.3 is 9.47 Å². The number of carbonyl (C=O) groups is 1. The van der Waals surface area contributed by atoms with Gasteiger partial charge in [0.2, 0.25) is 0 Å². The number of hydrogen-bond donors (Lipinski definition) is 1. The largest absolute Gasteiger partial charge is 0.496 e. The smallest absolute Gasteiger partial charge is 0.327 e. The van der Waals surface area contributed by atoms with Crippen molar-refractivity contribution in [2.75, 3.05) is 14.2 Å². The minimum Gasteiger partial charge on any atom is -0.496 e. The van der Waals surface area contributed by atoms with Gasteiger partial charge in [-0.3, -0.25) is 5.32 Å². The fourth-order valence-corrected chi connectivity index (χ4v) is 2.20. The predicted octanol–water partition coefficient (Wildman–Crippen LogP) is 2.42. The van der Waals surface area contributed by atoms with Gasteiger partial charge in [-0.1, -0.05) is 15.9 Å². The Balaban J connectivity index is 2.32. The minimum atomic E-state index is -0.477. The number of halogens is 1. The van der Waals surface area contributed by atoms with Gasteiger partial charge in [-0.25, -0.2) is 4.79 Å². The van der Waals surface area contributed by atoms with Crippen LogP contribution in [0.5, 0.6) is 5.75 Å². The summed E-state index contributed by atoms with van der Waals surface area (Å²) in [6, 6.07) is 5.53. The maximum atomic E-state index is 11.9. The van der Waals surface area contributed by atoms with Crippen LogP contribution >= 0.6 is 15.9 Å². The molecule has 1 saturated carbocycles. The van der Waals surface area contributed by atoms with Crippen molar-refractivity contribution in [2.45, 2.75) is 24.9 Å². The predicted molar refractivity (Wildman–Crippen MR) is 71.6 cm³/mol. The molecule has 1 unspecified atom stereocenters. The van der Waals surface area contributed by atoms with E-state index >= 15 is 0 Å². The third kappa shape index (κ3) is 3.03. The van der Waals surface area contributed by atoms with E-state index in [0.29, 0.717) is 11.8 Å². The highest BCUT2D eigenvalue weighted by molar-refractivity contribution is 9.10. The Hall–Kier alpha value is -1.07. The Labute approximate surface area is 115 Å². The van der Waals surface area contributed by atoms with Gasteiger partial charge in [0, 0.05) is 16.1 Å². The van der Waals surface area contributed by atoms with E-state index in [4.69, 9.17) is 9.47 Å². The molecule has 1 aliphatic rings. The average Bonchev–Trinajstić information content (AvgIpc) is 3.19.